The number of nitrogens with one attached hydrogen (secondary N) is 1. The molecule has 0 spiro atoms. The van der Waals surface area contributed by atoms with Gasteiger partial charge in [-0.25, -0.2) is 0 Å². The molecule has 0 aliphatic carbocycles. The Kier molecular flexibility index (Phi) is 6.14. The Morgan fingerprint density at radius 1 is 1.33 bits per heavy atom. The number of carbonyl (C=O) groups excluding carboxylic acids is 1. The summed E-state index contributed by atoms with van der Waals surface area (Å²) in [4.78, 5) is 25.4. The van der Waals surface area contributed by atoms with Crippen LogP contribution in [0.2, 0.25) is 0 Å². The van der Waals surface area contributed by atoms with Crippen molar-refractivity contribution in [2.24, 2.45) is 5.92 Å². The number of hydrogen-bond acceptors (Lipinski definition) is 5. The van der Waals surface area contributed by atoms with Gasteiger partial charge in [-0.05, 0) is 38.2 Å². The van der Waals surface area contributed by atoms with E-state index >= 15 is 0 Å². The molecule has 1 amide bonds. The van der Waals surface area contributed by atoms with E-state index in [1.807, 2.05) is 13.8 Å². The van der Waals surface area contributed by atoms with Gasteiger partial charge in [0.05, 0.1) is 16.2 Å². The van der Waals surface area contributed by atoms with Gasteiger partial charge in [0.15, 0.2) is 0 Å². The molecule has 1 saturated heterocycles. The molecule has 0 saturated carbocycles. The number of piperidine rings is 1. The maximum absolute atomic E-state index is 12.7. The van der Waals surface area contributed by atoms with Gasteiger partial charge in [-0.2, -0.15) is 0 Å². The van der Waals surface area contributed by atoms with Gasteiger partial charge >= 0.3 is 0 Å². The van der Waals surface area contributed by atoms with Crippen molar-refractivity contribution < 1.29 is 14.8 Å². The lowest BCUT2D eigenvalue weighted by atomic mass is 10.0. The van der Waals surface area contributed by atoms with E-state index in [1.165, 1.54) is 12.1 Å². The Morgan fingerprint density at radius 2 is 2.00 bits per heavy atom. The molecule has 24 heavy (non-hydrogen) atoms. The molecule has 0 aromatic heterocycles. The number of nitrogens with zero attached hydrogens (tertiary/aromatic N) is 2. The van der Waals surface area contributed by atoms with Crippen molar-refractivity contribution in [3.05, 3.63) is 33.9 Å². The number of rotatable bonds is 6. The number of aliphatic hydroxyl groups is 1. The van der Waals surface area contributed by atoms with Crippen LogP contribution in [0.1, 0.15) is 43.5 Å². The highest BCUT2D eigenvalue weighted by atomic mass is 16.6. The van der Waals surface area contributed by atoms with E-state index in [9.17, 15) is 20.0 Å². The van der Waals surface area contributed by atoms with Gasteiger partial charge < -0.3 is 15.3 Å². The SMILES string of the molecule is CC(CO)C(C)NC(=O)c1cc([N+](=O)[O-])ccc1N1CCCCC1. The molecule has 7 heteroatoms. The van der Waals surface area contributed by atoms with Crippen molar-refractivity contribution in [3.8, 4) is 0 Å². The van der Waals surface area contributed by atoms with E-state index in [0.717, 1.165) is 38.0 Å². The van der Waals surface area contributed by atoms with Crippen molar-refractivity contribution in [3.63, 3.8) is 0 Å². The molecule has 1 aromatic rings. The third-order valence-electron chi connectivity index (χ3n) is 4.63. The fourth-order valence-corrected chi connectivity index (χ4v) is 2.81. The minimum absolute atomic E-state index is 0.0324. The molecule has 0 radical (unpaired) electrons. The predicted molar refractivity (Wildman–Crippen MR) is 92.3 cm³/mol. The molecule has 0 bridgehead atoms. The van der Waals surface area contributed by atoms with Crippen LogP contribution in [-0.2, 0) is 0 Å². The minimum Gasteiger partial charge on any atom is -0.396 e. The number of anilines is 1. The Labute approximate surface area is 141 Å². The Bertz CT molecular complexity index is 599. The van der Waals surface area contributed by atoms with Crippen molar-refractivity contribution in [2.45, 2.75) is 39.2 Å². The molecule has 1 aliphatic heterocycles. The number of benzene rings is 1. The molecule has 2 unspecified atom stereocenters. The third-order valence-corrected chi connectivity index (χ3v) is 4.63. The number of nitro groups is 1. The van der Waals surface area contributed by atoms with Crippen LogP contribution in [0, 0.1) is 16.0 Å². The summed E-state index contributed by atoms with van der Waals surface area (Å²) in [6.45, 7) is 5.32. The average Bonchev–Trinajstić information content (AvgIpc) is 2.60. The first kappa shape index (κ1) is 18.2. The summed E-state index contributed by atoms with van der Waals surface area (Å²) in [5.41, 5.74) is 0.966. The van der Waals surface area contributed by atoms with E-state index in [0.29, 0.717) is 5.56 Å². The lowest BCUT2D eigenvalue weighted by Crippen LogP contribution is -2.39. The monoisotopic (exact) mass is 335 g/mol. The van der Waals surface area contributed by atoms with Crippen LogP contribution in [0.4, 0.5) is 11.4 Å². The molecule has 1 aromatic carbocycles. The van der Waals surface area contributed by atoms with Gasteiger partial charge in [0.25, 0.3) is 11.6 Å². The van der Waals surface area contributed by atoms with Crippen molar-refractivity contribution in [1.29, 1.82) is 0 Å². The van der Waals surface area contributed by atoms with E-state index in [1.54, 1.807) is 6.07 Å². The second-order valence-corrected chi connectivity index (χ2v) is 6.43. The van der Waals surface area contributed by atoms with Crippen LogP contribution in [0.5, 0.6) is 0 Å². The molecule has 2 atom stereocenters. The van der Waals surface area contributed by atoms with Crippen molar-refractivity contribution in [1.82, 2.24) is 5.32 Å². The number of non-ortho nitro benzene ring substituents is 1. The lowest BCUT2D eigenvalue weighted by molar-refractivity contribution is -0.384. The predicted octanol–water partition coefficient (Wildman–Crippen LogP) is 2.33. The standard InChI is InChI=1S/C17H25N3O4/c1-12(11-21)13(2)18-17(22)15-10-14(20(23)24)6-7-16(15)19-8-4-3-5-9-19/h6-7,10,12-13,21H,3-5,8-9,11H2,1-2H3,(H,18,22). The molecular weight excluding hydrogens is 310 g/mol. The molecular formula is C17H25N3O4. The van der Waals surface area contributed by atoms with E-state index in [-0.39, 0.29) is 30.2 Å². The normalized spacial score (nSPS) is 17.2. The zero-order valence-corrected chi connectivity index (χ0v) is 14.2. The summed E-state index contributed by atoms with van der Waals surface area (Å²) < 4.78 is 0. The van der Waals surface area contributed by atoms with Gasteiger partial charge in [0, 0.05) is 37.9 Å². The molecule has 7 nitrogen and oxygen atoms in total. The minimum atomic E-state index is -0.490. The Morgan fingerprint density at radius 3 is 2.58 bits per heavy atom. The van der Waals surface area contributed by atoms with Crippen LogP contribution in [0.15, 0.2) is 18.2 Å². The fraction of sp³-hybridized carbons (Fsp3) is 0.588. The van der Waals surface area contributed by atoms with Gasteiger partial charge in [0.1, 0.15) is 0 Å². The summed E-state index contributed by atoms with van der Waals surface area (Å²) in [6.07, 6.45) is 3.27. The molecule has 132 valence electrons. The summed E-state index contributed by atoms with van der Waals surface area (Å²) in [5.74, 6) is -0.432. The highest BCUT2D eigenvalue weighted by Gasteiger charge is 2.23. The number of nitro benzene ring substituents is 1. The second kappa shape index (κ2) is 8.10. The van der Waals surface area contributed by atoms with Crippen LogP contribution in [0.3, 0.4) is 0 Å². The number of aliphatic hydroxyl groups excluding tert-OH is 1. The maximum Gasteiger partial charge on any atom is 0.270 e. The largest absolute Gasteiger partial charge is 0.396 e. The Hall–Kier alpha value is -2.15. The highest BCUT2D eigenvalue weighted by molar-refractivity contribution is 6.00. The fourth-order valence-electron chi connectivity index (χ4n) is 2.81. The Balaban J connectivity index is 2.31. The number of carbonyl (C=O) groups is 1. The molecule has 2 N–H and O–H groups in total. The highest BCUT2D eigenvalue weighted by Crippen LogP contribution is 2.28. The van der Waals surface area contributed by atoms with Crippen molar-refractivity contribution in [2.75, 3.05) is 24.6 Å². The molecule has 1 aliphatic rings. The van der Waals surface area contributed by atoms with Crippen molar-refractivity contribution >= 4 is 17.3 Å². The zero-order chi connectivity index (χ0) is 17.7. The van der Waals surface area contributed by atoms with Crippen LogP contribution in [-0.4, -0.2) is 41.7 Å². The second-order valence-electron chi connectivity index (χ2n) is 6.43. The average molecular weight is 335 g/mol. The third kappa shape index (κ3) is 4.23. The summed E-state index contributed by atoms with van der Waals surface area (Å²) in [7, 11) is 0. The van der Waals surface area contributed by atoms with Crippen LogP contribution >= 0.6 is 0 Å². The van der Waals surface area contributed by atoms with Gasteiger partial charge in [-0.3, -0.25) is 14.9 Å². The topological polar surface area (TPSA) is 95.7 Å². The van der Waals surface area contributed by atoms with Gasteiger partial charge in [0.2, 0.25) is 0 Å². The first-order valence-corrected chi connectivity index (χ1v) is 8.39. The zero-order valence-electron chi connectivity index (χ0n) is 14.2. The lowest BCUT2D eigenvalue weighted by Gasteiger charge is -2.30. The van der Waals surface area contributed by atoms with E-state index in [2.05, 4.69) is 10.2 Å². The van der Waals surface area contributed by atoms with Gasteiger partial charge in [-0.15, -0.1) is 0 Å². The van der Waals surface area contributed by atoms with Crippen LogP contribution in [0.25, 0.3) is 0 Å². The summed E-state index contributed by atoms with van der Waals surface area (Å²) in [5, 5.41) is 23.1. The number of hydrogen-bond donors (Lipinski definition) is 2. The molecule has 1 fully saturated rings. The van der Waals surface area contributed by atoms with Gasteiger partial charge in [-0.1, -0.05) is 6.92 Å². The molecule has 1 heterocycles. The van der Waals surface area contributed by atoms with E-state index < -0.39 is 4.92 Å². The number of amides is 1. The summed E-state index contributed by atoms with van der Waals surface area (Å²) >= 11 is 0. The maximum atomic E-state index is 12.7. The molecule has 2 rings (SSSR count). The smallest absolute Gasteiger partial charge is 0.270 e. The first-order valence-electron chi connectivity index (χ1n) is 8.39. The summed E-state index contributed by atoms with van der Waals surface area (Å²) in [6, 6.07) is 4.23. The van der Waals surface area contributed by atoms with E-state index in [4.69, 9.17) is 0 Å². The quantitative estimate of drug-likeness (QED) is 0.614. The van der Waals surface area contributed by atoms with Crippen LogP contribution < -0.4 is 10.2 Å². The first-order chi connectivity index (χ1) is 11.4.